The number of aliphatic carboxylic acids is 1. The second-order valence-corrected chi connectivity index (χ2v) is 10.5. The number of carboxylic acids is 1. The predicted octanol–water partition coefficient (Wildman–Crippen LogP) is 4.88. The van der Waals surface area contributed by atoms with Gasteiger partial charge in [0.2, 0.25) is 5.91 Å². The summed E-state index contributed by atoms with van der Waals surface area (Å²) in [5, 5.41) is 16.4. The molecule has 1 amide bonds. The molecule has 188 valence electrons. The number of anilines is 2. The van der Waals surface area contributed by atoms with Crippen molar-refractivity contribution in [2.24, 2.45) is 11.8 Å². The Morgan fingerprint density at radius 1 is 1.09 bits per heavy atom. The highest BCUT2D eigenvalue weighted by molar-refractivity contribution is 5.97. The van der Waals surface area contributed by atoms with Crippen molar-refractivity contribution < 1.29 is 14.7 Å². The van der Waals surface area contributed by atoms with Crippen molar-refractivity contribution >= 4 is 23.3 Å². The lowest BCUT2D eigenvalue weighted by molar-refractivity contribution is -0.140. The van der Waals surface area contributed by atoms with Gasteiger partial charge >= 0.3 is 5.97 Å². The second-order valence-electron chi connectivity index (χ2n) is 10.5. The Balaban J connectivity index is 1.54. The summed E-state index contributed by atoms with van der Waals surface area (Å²) >= 11 is 0. The number of nitrogens with one attached hydrogen (secondary N) is 2. The smallest absolute Gasteiger partial charge is 0.320 e. The molecular formula is C29H39N3O3. The molecule has 1 saturated carbocycles. The molecule has 3 N–H and O–H groups in total. The first-order valence-electron chi connectivity index (χ1n) is 13.0. The third-order valence-corrected chi connectivity index (χ3v) is 7.73. The van der Waals surface area contributed by atoms with E-state index in [9.17, 15) is 14.7 Å². The van der Waals surface area contributed by atoms with Crippen LogP contribution < -0.4 is 15.5 Å². The average Bonchev–Trinajstić information content (AvgIpc) is 2.98. The zero-order chi connectivity index (χ0) is 24.8. The Bertz CT molecular complexity index is 998. The number of rotatable bonds is 9. The summed E-state index contributed by atoms with van der Waals surface area (Å²) in [5.41, 5.74) is 4.19. The Hall–Kier alpha value is -2.86. The van der Waals surface area contributed by atoms with Crippen LogP contribution in [0.15, 0.2) is 48.5 Å². The SMILES string of the molecule is CN(C)c1ccc(CC2Cc3ccccc3NC(=O)[C@H]2N[C@@H](CCC2CCCCC2)C(=O)O)cc1. The molecule has 1 unspecified atom stereocenters. The number of hydrogen-bond donors (Lipinski definition) is 3. The lowest BCUT2D eigenvalue weighted by Crippen LogP contribution is -2.52. The minimum absolute atomic E-state index is 0.0552. The number of para-hydroxylation sites is 1. The number of benzene rings is 2. The lowest BCUT2D eigenvalue weighted by atomic mass is 9.84. The Morgan fingerprint density at radius 2 is 1.80 bits per heavy atom. The van der Waals surface area contributed by atoms with Crippen LogP contribution in [0.25, 0.3) is 0 Å². The van der Waals surface area contributed by atoms with Gasteiger partial charge in [0.05, 0.1) is 6.04 Å². The van der Waals surface area contributed by atoms with E-state index in [0.717, 1.165) is 28.9 Å². The van der Waals surface area contributed by atoms with Gasteiger partial charge in [0.1, 0.15) is 6.04 Å². The second kappa shape index (κ2) is 11.7. The van der Waals surface area contributed by atoms with Gasteiger partial charge in [0, 0.05) is 25.5 Å². The molecule has 3 atom stereocenters. The topological polar surface area (TPSA) is 81.7 Å². The number of amides is 1. The minimum Gasteiger partial charge on any atom is -0.480 e. The van der Waals surface area contributed by atoms with E-state index in [1.54, 1.807) is 0 Å². The molecular weight excluding hydrogens is 438 g/mol. The Morgan fingerprint density at radius 3 is 2.49 bits per heavy atom. The molecule has 6 heteroatoms. The molecule has 1 aliphatic carbocycles. The molecule has 0 aromatic heterocycles. The monoisotopic (exact) mass is 477 g/mol. The third kappa shape index (κ3) is 6.63. The van der Waals surface area contributed by atoms with Crippen molar-refractivity contribution in [3.63, 3.8) is 0 Å². The fraction of sp³-hybridized carbons (Fsp3) is 0.517. The molecule has 1 fully saturated rings. The standard InChI is InChI=1S/C29H39N3O3/c1-32(2)24-15-12-21(13-16-24)18-23-19-22-10-6-7-11-25(22)31-28(33)27(23)30-26(29(34)35)17-14-20-8-4-3-5-9-20/h6-7,10-13,15-16,20,23,26-27,30H,3-5,8-9,14,17-19H2,1-2H3,(H,31,33)(H,34,35)/t23?,26-,27-/m0/s1. The highest BCUT2D eigenvalue weighted by atomic mass is 16.4. The van der Waals surface area contributed by atoms with Crippen molar-refractivity contribution in [1.29, 1.82) is 0 Å². The van der Waals surface area contributed by atoms with Crippen molar-refractivity contribution in [1.82, 2.24) is 5.32 Å². The van der Waals surface area contributed by atoms with Gasteiger partial charge in [0.25, 0.3) is 0 Å². The third-order valence-electron chi connectivity index (χ3n) is 7.73. The van der Waals surface area contributed by atoms with E-state index in [1.165, 1.54) is 32.1 Å². The molecule has 1 heterocycles. The number of hydrogen-bond acceptors (Lipinski definition) is 4. The normalized spacial score (nSPS) is 21.5. The van der Waals surface area contributed by atoms with Crippen LogP contribution in [0.3, 0.4) is 0 Å². The quantitative estimate of drug-likeness (QED) is 0.480. The van der Waals surface area contributed by atoms with Crippen LogP contribution in [0.4, 0.5) is 11.4 Å². The van der Waals surface area contributed by atoms with E-state index in [4.69, 9.17) is 0 Å². The van der Waals surface area contributed by atoms with Crippen LogP contribution in [0, 0.1) is 11.8 Å². The van der Waals surface area contributed by atoms with Crippen LogP contribution in [0.1, 0.15) is 56.1 Å². The summed E-state index contributed by atoms with van der Waals surface area (Å²) in [6.07, 6.45) is 9.02. The van der Waals surface area contributed by atoms with E-state index in [2.05, 4.69) is 45.9 Å². The number of carbonyl (C=O) groups excluding carboxylic acids is 1. The molecule has 35 heavy (non-hydrogen) atoms. The summed E-state index contributed by atoms with van der Waals surface area (Å²) in [6, 6.07) is 15.0. The van der Waals surface area contributed by atoms with Crippen molar-refractivity contribution in [2.75, 3.05) is 24.3 Å². The molecule has 2 aromatic carbocycles. The first-order valence-corrected chi connectivity index (χ1v) is 13.0. The molecule has 0 radical (unpaired) electrons. The van der Waals surface area contributed by atoms with Crippen molar-refractivity contribution in [3.8, 4) is 0 Å². The predicted molar refractivity (Wildman–Crippen MR) is 141 cm³/mol. The van der Waals surface area contributed by atoms with Gasteiger partial charge in [-0.05, 0) is 66.8 Å². The van der Waals surface area contributed by atoms with Crippen LogP contribution in [0.5, 0.6) is 0 Å². The molecule has 6 nitrogen and oxygen atoms in total. The van der Waals surface area contributed by atoms with Crippen LogP contribution >= 0.6 is 0 Å². The van der Waals surface area contributed by atoms with Gasteiger partial charge in [0.15, 0.2) is 0 Å². The van der Waals surface area contributed by atoms with Crippen LogP contribution in [-0.2, 0) is 22.4 Å². The molecule has 0 saturated heterocycles. The number of carbonyl (C=O) groups is 2. The van der Waals surface area contributed by atoms with E-state index in [-0.39, 0.29) is 11.8 Å². The van der Waals surface area contributed by atoms with E-state index in [0.29, 0.717) is 25.2 Å². The molecule has 4 rings (SSSR count). The average molecular weight is 478 g/mol. The Kier molecular flexibility index (Phi) is 8.45. The highest BCUT2D eigenvalue weighted by Crippen LogP contribution is 2.30. The fourth-order valence-corrected chi connectivity index (χ4v) is 5.65. The summed E-state index contributed by atoms with van der Waals surface area (Å²) in [4.78, 5) is 27.7. The molecule has 1 aliphatic heterocycles. The van der Waals surface area contributed by atoms with Gasteiger partial charge in [-0.25, -0.2) is 0 Å². The zero-order valence-electron chi connectivity index (χ0n) is 21.0. The van der Waals surface area contributed by atoms with E-state index >= 15 is 0 Å². The first-order chi connectivity index (χ1) is 16.9. The molecule has 2 aliphatic rings. The van der Waals surface area contributed by atoms with Gasteiger partial charge < -0.3 is 15.3 Å². The van der Waals surface area contributed by atoms with E-state index < -0.39 is 18.1 Å². The van der Waals surface area contributed by atoms with Gasteiger partial charge in [-0.3, -0.25) is 14.9 Å². The maximum absolute atomic E-state index is 13.4. The van der Waals surface area contributed by atoms with Gasteiger partial charge in [-0.15, -0.1) is 0 Å². The number of carboxylic acid groups (broad SMARTS) is 1. The largest absolute Gasteiger partial charge is 0.480 e. The van der Waals surface area contributed by atoms with Crippen LogP contribution in [-0.4, -0.2) is 43.2 Å². The lowest BCUT2D eigenvalue weighted by Gasteiger charge is -2.29. The van der Waals surface area contributed by atoms with E-state index in [1.807, 2.05) is 32.3 Å². The summed E-state index contributed by atoms with van der Waals surface area (Å²) in [7, 11) is 4.03. The zero-order valence-corrected chi connectivity index (χ0v) is 21.0. The van der Waals surface area contributed by atoms with Crippen molar-refractivity contribution in [3.05, 3.63) is 59.7 Å². The van der Waals surface area contributed by atoms with Gasteiger partial charge in [-0.2, -0.15) is 0 Å². The number of fused-ring (bicyclic) bond motifs is 1. The summed E-state index contributed by atoms with van der Waals surface area (Å²) < 4.78 is 0. The highest BCUT2D eigenvalue weighted by Gasteiger charge is 2.35. The number of nitrogens with zero attached hydrogens (tertiary/aromatic N) is 1. The minimum atomic E-state index is -0.871. The molecule has 0 spiro atoms. The van der Waals surface area contributed by atoms with Gasteiger partial charge in [-0.1, -0.05) is 62.4 Å². The fourth-order valence-electron chi connectivity index (χ4n) is 5.65. The van der Waals surface area contributed by atoms with Crippen molar-refractivity contribution in [2.45, 2.75) is 69.9 Å². The summed E-state index contributed by atoms with van der Waals surface area (Å²) in [5.74, 6) is -0.468. The van der Waals surface area contributed by atoms with Crippen LogP contribution in [0.2, 0.25) is 0 Å². The molecule has 2 aromatic rings. The molecule has 0 bridgehead atoms. The maximum atomic E-state index is 13.4. The first kappa shape index (κ1) is 25.2. The maximum Gasteiger partial charge on any atom is 0.320 e. The Labute approximate surface area is 209 Å². The summed E-state index contributed by atoms with van der Waals surface area (Å²) in [6.45, 7) is 0.